The molecule has 0 amide bonds. The van der Waals surface area contributed by atoms with Crippen molar-refractivity contribution in [3.05, 3.63) is 89.8 Å². The molecule has 1 N–H and O–H groups in total. The molecule has 0 saturated heterocycles. The minimum Gasteiger partial charge on any atom is -0.306 e. The summed E-state index contributed by atoms with van der Waals surface area (Å²) >= 11 is 0. The van der Waals surface area contributed by atoms with E-state index in [2.05, 4.69) is 9.71 Å². The molecule has 0 bridgehead atoms. The van der Waals surface area contributed by atoms with Gasteiger partial charge in [0.25, 0.3) is 0 Å². The fourth-order valence-corrected chi connectivity index (χ4v) is 4.31. The van der Waals surface area contributed by atoms with Crippen molar-refractivity contribution in [2.75, 3.05) is 4.72 Å². The maximum Gasteiger partial charge on any atom is 0.236 e. The molecule has 29 heavy (non-hydrogen) atoms. The number of halogens is 2. The molecular formula is C21H17F2N3O2S. The van der Waals surface area contributed by atoms with Gasteiger partial charge in [-0.15, -0.1) is 0 Å². The highest BCUT2D eigenvalue weighted by Gasteiger charge is 2.16. The summed E-state index contributed by atoms with van der Waals surface area (Å²) in [7, 11) is -3.88. The molecule has 0 unspecified atom stereocenters. The van der Waals surface area contributed by atoms with Gasteiger partial charge in [0.05, 0.1) is 17.1 Å². The molecule has 2 aromatic carbocycles. The third-order valence-corrected chi connectivity index (χ3v) is 5.69. The van der Waals surface area contributed by atoms with Crippen LogP contribution in [-0.2, 0) is 15.8 Å². The maximum absolute atomic E-state index is 13.4. The van der Waals surface area contributed by atoms with Gasteiger partial charge in [-0.3, -0.25) is 4.72 Å². The Morgan fingerprint density at radius 2 is 1.79 bits per heavy atom. The second-order valence-corrected chi connectivity index (χ2v) is 8.48. The Labute approximate surface area is 166 Å². The lowest BCUT2D eigenvalue weighted by Crippen LogP contribution is -2.16. The van der Waals surface area contributed by atoms with Crippen LogP contribution in [0.2, 0.25) is 0 Å². The topological polar surface area (TPSA) is 63.5 Å². The van der Waals surface area contributed by atoms with Crippen molar-refractivity contribution < 1.29 is 17.2 Å². The van der Waals surface area contributed by atoms with Gasteiger partial charge in [0.1, 0.15) is 17.3 Å². The van der Waals surface area contributed by atoms with E-state index in [4.69, 9.17) is 0 Å². The average Bonchev–Trinajstić information content (AvgIpc) is 3.06. The molecule has 0 aliphatic heterocycles. The fraction of sp³-hybridized carbons (Fsp3) is 0.0952. The van der Waals surface area contributed by atoms with Crippen molar-refractivity contribution in [3.8, 4) is 11.3 Å². The molecule has 0 fully saturated rings. The number of aromatic nitrogens is 2. The molecule has 0 spiro atoms. The summed E-state index contributed by atoms with van der Waals surface area (Å²) in [5.41, 5.74) is 3.35. The van der Waals surface area contributed by atoms with Gasteiger partial charge in [-0.25, -0.2) is 22.2 Å². The van der Waals surface area contributed by atoms with Crippen LogP contribution in [0.15, 0.2) is 67.0 Å². The second-order valence-electron chi connectivity index (χ2n) is 6.76. The van der Waals surface area contributed by atoms with Crippen LogP contribution in [0.1, 0.15) is 11.1 Å². The van der Waals surface area contributed by atoms with E-state index in [0.29, 0.717) is 23.0 Å². The lowest BCUT2D eigenvalue weighted by Gasteiger charge is -2.12. The number of aryl methyl sites for hydroxylation is 1. The number of pyridine rings is 1. The van der Waals surface area contributed by atoms with Gasteiger partial charge in [-0.2, -0.15) is 0 Å². The third kappa shape index (κ3) is 4.27. The maximum atomic E-state index is 13.4. The van der Waals surface area contributed by atoms with Crippen LogP contribution in [-0.4, -0.2) is 17.8 Å². The highest BCUT2D eigenvalue weighted by molar-refractivity contribution is 7.91. The lowest BCUT2D eigenvalue weighted by atomic mass is 10.1. The molecule has 0 saturated carbocycles. The minimum absolute atomic E-state index is 0.0316. The van der Waals surface area contributed by atoms with Crippen molar-refractivity contribution >= 4 is 21.4 Å². The number of rotatable bonds is 5. The first-order valence-corrected chi connectivity index (χ1v) is 10.4. The Kier molecular flexibility index (Phi) is 4.79. The molecule has 2 aromatic heterocycles. The van der Waals surface area contributed by atoms with E-state index in [-0.39, 0.29) is 5.56 Å². The van der Waals surface area contributed by atoms with Crippen LogP contribution in [0, 0.1) is 18.6 Å². The molecule has 0 aliphatic carbocycles. The molecule has 0 radical (unpaired) electrons. The monoisotopic (exact) mass is 413 g/mol. The van der Waals surface area contributed by atoms with Crippen molar-refractivity contribution in [3.63, 3.8) is 0 Å². The minimum atomic E-state index is -3.88. The molecule has 5 nitrogen and oxygen atoms in total. The number of hydrogen-bond acceptors (Lipinski definition) is 3. The van der Waals surface area contributed by atoms with Crippen LogP contribution in [0.4, 0.5) is 14.5 Å². The van der Waals surface area contributed by atoms with Crippen molar-refractivity contribution in [1.29, 1.82) is 0 Å². The van der Waals surface area contributed by atoms with Crippen molar-refractivity contribution in [1.82, 2.24) is 9.38 Å². The van der Waals surface area contributed by atoms with Crippen LogP contribution >= 0.6 is 0 Å². The molecule has 148 valence electrons. The fourth-order valence-electron chi connectivity index (χ4n) is 3.08. The Morgan fingerprint density at radius 1 is 1.03 bits per heavy atom. The Balaban J connectivity index is 1.63. The number of hydrogen-bond donors (Lipinski definition) is 1. The first kappa shape index (κ1) is 19.1. The van der Waals surface area contributed by atoms with E-state index in [1.54, 1.807) is 19.1 Å². The molecule has 2 heterocycles. The highest BCUT2D eigenvalue weighted by Crippen LogP contribution is 2.26. The number of sulfonamides is 1. The van der Waals surface area contributed by atoms with Gasteiger partial charge >= 0.3 is 0 Å². The summed E-state index contributed by atoms with van der Waals surface area (Å²) < 4.78 is 56.2. The number of nitrogens with one attached hydrogen (secondary N) is 1. The lowest BCUT2D eigenvalue weighted by molar-refractivity contribution is 0.579. The smallest absolute Gasteiger partial charge is 0.236 e. The quantitative estimate of drug-likeness (QED) is 0.523. The standard InChI is InChI=1S/C21H17F2N3O2S/c1-14-5-6-16(20-12-26-7-3-2-4-21(26)24-20)10-19(14)25-29(27,28)13-15-8-17(22)11-18(23)9-15/h2-12,25H,13H2,1H3. The largest absolute Gasteiger partial charge is 0.306 e. The average molecular weight is 413 g/mol. The molecule has 4 rings (SSSR count). The van der Waals surface area contributed by atoms with Crippen LogP contribution < -0.4 is 4.72 Å². The zero-order valence-corrected chi connectivity index (χ0v) is 16.2. The molecule has 8 heteroatoms. The number of imidazole rings is 1. The van der Waals surface area contributed by atoms with Crippen LogP contribution in [0.5, 0.6) is 0 Å². The summed E-state index contributed by atoms with van der Waals surface area (Å²) in [6.45, 7) is 1.77. The zero-order valence-electron chi connectivity index (χ0n) is 15.4. The first-order chi connectivity index (χ1) is 13.8. The first-order valence-electron chi connectivity index (χ1n) is 8.79. The summed E-state index contributed by atoms with van der Waals surface area (Å²) in [6, 6.07) is 13.7. The SMILES string of the molecule is Cc1ccc(-c2cn3ccccc3n2)cc1NS(=O)(=O)Cc1cc(F)cc(F)c1. The van der Waals surface area contributed by atoms with E-state index in [1.165, 1.54) is 0 Å². The normalized spacial score (nSPS) is 11.7. The number of anilines is 1. The van der Waals surface area contributed by atoms with E-state index >= 15 is 0 Å². The third-order valence-electron chi connectivity index (χ3n) is 4.44. The van der Waals surface area contributed by atoms with Gasteiger partial charge in [-0.1, -0.05) is 18.2 Å². The Morgan fingerprint density at radius 3 is 2.52 bits per heavy atom. The Hall–Kier alpha value is -3.26. The number of nitrogens with zero attached hydrogens (tertiary/aromatic N) is 2. The van der Waals surface area contributed by atoms with E-state index in [0.717, 1.165) is 23.3 Å². The van der Waals surface area contributed by atoms with E-state index < -0.39 is 27.4 Å². The predicted molar refractivity (Wildman–Crippen MR) is 108 cm³/mol. The number of benzene rings is 2. The van der Waals surface area contributed by atoms with Crippen molar-refractivity contribution in [2.24, 2.45) is 0 Å². The highest BCUT2D eigenvalue weighted by atomic mass is 32.2. The van der Waals surface area contributed by atoms with Crippen LogP contribution in [0.25, 0.3) is 16.9 Å². The summed E-state index contributed by atoms with van der Waals surface area (Å²) in [5, 5.41) is 0. The molecule has 4 aromatic rings. The van der Waals surface area contributed by atoms with Crippen LogP contribution in [0.3, 0.4) is 0 Å². The van der Waals surface area contributed by atoms with E-state index in [9.17, 15) is 17.2 Å². The molecule has 0 atom stereocenters. The van der Waals surface area contributed by atoms with Gasteiger partial charge in [0.15, 0.2) is 0 Å². The summed E-state index contributed by atoms with van der Waals surface area (Å²) in [4.78, 5) is 4.54. The van der Waals surface area contributed by atoms with E-state index in [1.807, 2.05) is 41.1 Å². The zero-order chi connectivity index (χ0) is 20.6. The molecular weight excluding hydrogens is 396 g/mol. The van der Waals surface area contributed by atoms with Gasteiger partial charge < -0.3 is 4.40 Å². The van der Waals surface area contributed by atoms with Gasteiger partial charge in [-0.05, 0) is 48.4 Å². The summed E-state index contributed by atoms with van der Waals surface area (Å²) in [6.07, 6.45) is 3.73. The Bertz CT molecular complexity index is 1260. The number of fused-ring (bicyclic) bond motifs is 1. The van der Waals surface area contributed by atoms with Gasteiger partial charge in [0.2, 0.25) is 10.0 Å². The second kappa shape index (κ2) is 7.29. The molecule has 0 aliphatic rings. The predicted octanol–water partition coefficient (Wildman–Crippen LogP) is 4.53. The van der Waals surface area contributed by atoms with Gasteiger partial charge in [0, 0.05) is 24.0 Å². The van der Waals surface area contributed by atoms with Crippen molar-refractivity contribution in [2.45, 2.75) is 12.7 Å². The summed E-state index contributed by atoms with van der Waals surface area (Å²) in [5.74, 6) is -2.18.